The number of hydrogen-bond acceptors (Lipinski definition) is 5. The Morgan fingerprint density at radius 1 is 1.61 bits per heavy atom. The number of ether oxygens (including phenoxy) is 2. The molecule has 2 atom stereocenters. The first-order valence-electron chi connectivity index (χ1n) is 7.65. The summed E-state index contributed by atoms with van der Waals surface area (Å²) in [5.74, 6) is 0.559. The highest BCUT2D eigenvalue weighted by molar-refractivity contribution is 5.92. The summed E-state index contributed by atoms with van der Waals surface area (Å²) < 4.78 is 12.5. The van der Waals surface area contributed by atoms with Gasteiger partial charge in [-0.25, -0.2) is 4.68 Å². The van der Waals surface area contributed by atoms with Gasteiger partial charge in [-0.3, -0.25) is 9.89 Å². The fourth-order valence-corrected chi connectivity index (χ4v) is 2.90. The van der Waals surface area contributed by atoms with Gasteiger partial charge in [0.25, 0.3) is 5.91 Å². The number of carbonyl (C=O) groups excluding carboxylic acids is 1. The predicted octanol–water partition coefficient (Wildman–Crippen LogP) is 1.05. The minimum absolute atomic E-state index is 0.0407. The Morgan fingerprint density at radius 2 is 2.48 bits per heavy atom. The van der Waals surface area contributed by atoms with E-state index in [0.29, 0.717) is 18.1 Å². The van der Waals surface area contributed by atoms with Crippen molar-refractivity contribution in [2.24, 2.45) is 13.0 Å². The maximum atomic E-state index is 12.3. The van der Waals surface area contributed by atoms with Crippen LogP contribution in [0.3, 0.4) is 0 Å². The lowest BCUT2D eigenvalue weighted by atomic mass is 9.91. The van der Waals surface area contributed by atoms with E-state index in [1.807, 2.05) is 6.20 Å². The average Bonchev–Trinajstić information content (AvgIpc) is 3.22. The topological polar surface area (TPSA) is 94.1 Å². The predicted molar refractivity (Wildman–Crippen MR) is 82.1 cm³/mol. The van der Waals surface area contributed by atoms with Crippen LogP contribution in [0, 0.1) is 5.92 Å². The van der Waals surface area contributed by atoms with Crippen molar-refractivity contribution in [3.63, 3.8) is 0 Å². The van der Waals surface area contributed by atoms with Crippen molar-refractivity contribution in [3.05, 3.63) is 29.7 Å². The first kappa shape index (κ1) is 15.5. The lowest BCUT2D eigenvalue weighted by molar-refractivity contribution is -0.0272. The van der Waals surface area contributed by atoms with Crippen molar-refractivity contribution in [2.45, 2.75) is 18.9 Å². The minimum Gasteiger partial charge on any atom is -0.481 e. The molecule has 0 aliphatic carbocycles. The van der Waals surface area contributed by atoms with Gasteiger partial charge in [0, 0.05) is 43.9 Å². The number of aromatic amines is 1. The van der Waals surface area contributed by atoms with Crippen LogP contribution in [-0.4, -0.2) is 46.1 Å². The van der Waals surface area contributed by atoms with E-state index in [2.05, 4.69) is 20.6 Å². The zero-order chi connectivity index (χ0) is 16.2. The van der Waals surface area contributed by atoms with E-state index >= 15 is 0 Å². The molecule has 3 rings (SSSR count). The fourth-order valence-electron chi connectivity index (χ4n) is 2.90. The molecule has 1 fully saturated rings. The largest absolute Gasteiger partial charge is 0.481 e. The number of rotatable bonds is 5. The highest BCUT2D eigenvalue weighted by Gasteiger charge is 2.28. The molecular weight excluding hydrogens is 298 g/mol. The van der Waals surface area contributed by atoms with Gasteiger partial charge in [0.1, 0.15) is 0 Å². The molecule has 2 N–H and O–H groups in total. The SMILES string of the molecule is COc1cc(C(=O)NC[C@@H]2CCCO[C@H]2c2cn[nH]c2)nn1C. The van der Waals surface area contributed by atoms with Crippen molar-refractivity contribution in [1.82, 2.24) is 25.3 Å². The summed E-state index contributed by atoms with van der Waals surface area (Å²) in [6.45, 7) is 1.27. The first-order chi connectivity index (χ1) is 11.2. The Kier molecular flexibility index (Phi) is 4.61. The van der Waals surface area contributed by atoms with Gasteiger partial charge in [0.05, 0.1) is 19.4 Å². The van der Waals surface area contributed by atoms with Crippen LogP contribution in [0.25, 0.3) is 0 Å². The van der Waals surface area contributed by atoms with E-state index in [4.69, 9.17) is 9.47 Å². The van der Waals surface area contributed by atoms with Gasteiger partial charge < -0.3 is 14.8 Å². The molecule has 23 heavy (non-hydrogen) atoms. The molecule has 0 spiro atoms. The molecule has 8 heteroatoms. The quantitative estimate of drug-likeness (QED) is 0.859. The number of nitrogens with zero attached hydrogens (tertiary/aromatic N) is 3. The van der Waals surface area contributed by atoms with Gasteiger partial charge in [-0.15, -0.1) is 0 Å². The van der Waals surface area contributed by atoms with Gasteiger partial charge in [-0.1, -0.05) is 0 Å². The number of aryl methyl sites for hydroxylation is 1. The Bertz CT molecular complexity index is 652. The van der Waals surface area contributed by atoms with Crippen LogP contribution < -0.4 is 10.1 Å². The van der Waals surface area contributed by atoms with Crippen LogP contribution in [-0.2, 0) is 11.8 Å². The van der Waals surface area contributed by atoms with Crippen molar-refractivity contribution in [2.75, 3.05) is 20.3 Å². The fraction of sp³-hybridized carbons (Fsp3) is 0.533. The monoisotopic (exact) mass is 319 g/mol. The van der Waals surface area contributed by atoms with Crippen LogP contribution in [0.4, 0.5) is 0 Å². The molecule has 124 valence electrons. The smallest absolute Gasteiger partial charge is 0.271 e. The molecule has 1 saturated heterocycles. The molecule has 8 nitrogen and oxygen atoms in total. The van der Waals surface area contributed by atoms with Gasteiger partial charge >= 0.3 is 0 Å². The third-order valence-electron chi connectivity index (χ3n) is 4.10. The number of nitrogens with one attached hydrogen (secondary N) is 2. The second-order valence-corrected chi connectivity index (χ2v) is 5.63. The molecular formula is C15H21N5O3. The lowest BCUT2D eigenvalue weighted by Gasteiger charge is -2.31. The molecule has 0 bridgehead atoms. The molecule has 1 amide bonds. The number of H-pyrrole nitrogens is 1. The number of carbonyl (C=O) groups is 1. The number of methoxy groups -OCH3 is 1. The van der Waals surface area contributed by atoms with Gasteiger partial charge in [-0.2, -0.15) is 10.2 Å². The van der Waals surface area contributed by atoms with Gasteiger partial charge in [0.2, 0.25) is 5.88 Å². The van der Waals surface area contributed by atoms with Crippen molar-refractivity contribution in [3.8, 4) is 5.88 Å². The zero-order valence-corrected chi connectivity index (χ0v) is 13.3. The van der Waals surface area contributed by atoms with Crippen molar-refractivity contribution < 1.29 is 14.3 Å². The first-order valence-corrected chi connectivity index (χ1v) is 7.65. The van der Waals surface area contributed by atoms with Crippen LogP contribution in [0.2, 0.25) is 0 Å². The summed E-state index contributed by atoms with van der Waals surface area (Å²) >= 11 is 0. The second-order valence-electron chi connectivity index (χ2n) is 5.63. The minimum atomic E-state index is -0.208. The Balaban J connectivity index is 1.62. The van der Waals surface area contributed by atoms with E-state index in [9.17, 15) is 4.79 Å². The van der Waals surface area contributed by atoms with Gasteiger partial charge in [-0.05, 0) is 12.8 Å². The van der Waals surface area contributed by atoms with Crippen LogP contribution in [0.5, 0.6) is 5.88 Å². The van der Waals surface area contributed by atoms with E-state index in [-0.39, 0.29) is 17.9 Å². The molecule has 0 aromatic carbocycles. The second kappa shape index (κ2) is 6.82. The summed E-state index contributed by atoms with van der Waals surface area (Å²) in [5, 5.41) is 13.9. The van der Waals surface area contributed by atoms with Crippen LogP contribution >= 0.6 is 0 Å². The summed E-state index contributed by atoms with van der Waals surface area (Å²) in [5.41, 5.74) is 1.37. The number of aromatic nitrogens is 4. The van der Waals surface area contributed by atoms with Crippen molar-refractivity contribution >= 4 is 5.91 Å². The van der Waals surface area contributed by atoms with Crippen LogP contribution in [0.1, 0.15) is 35.0 Å². The molecule has 0 radical (unpaired) electrons. The van der Waals surface area contributed by atoms with E-state index in [1.54, 1.807) is 26.4 Å². The normalized spacial score (nSPS) is 21.1. The lowest BCUT2D eigenvalue weighted by Crippen LogP contribution is -2.35. The summed E-state index contributed by atoms with van der Waals surface area (Å²) in [6, 6.07) is 1.63. The molecule has 2 aromatic rings. The zero-order valence-electron chi connectivity index (χ0n) is 13.3. The molecule has 1 aliphatic heterocycles. The molecule has 0 saturated carbocycles. The molecule has 3 heterocycles. The highest BCUT2D eigenvalue weighted by Crippen LogP contribution is 2.32. The average molecular weight is 319 g/mol. The van der Waals surface area contributed by atoms with Crippen LogP contribution in [0.15, 0.2) is 18.5 Å². The Labute approximate surface area is 134 Å². The molecule has 0 unspecified atom stereocenters. The maximum Gasteiger partial charge on any atom is 0.271 e. The molecule has 2 aromatic heterocycles. The third kappa shape index (κ3) is 3.37. The van der Waals surface area contributed by atoms with Crippen molar-refractivity contribution in [1.29, 1.82) is 0 Å². The standard InChI is InChI=1S/C15H21N5O3/c1-20-13(22-2)6-12(19-20)15(21)16-7-10-4-3-5-23-14(10)11-8-17-18-9-11/h6,8-10,14H,3-5,7H2,1-2H3,(H,16,21)(H,17,18)/t10-,14+/m0/s1. The van der Waals surface area contributed by atoms with E-state index in [1.165, 1.54) is 4.68 Å². The Morgan fingerprint density at radius 3 is 3.17 bits per heavy atom. The third-order valence-corrected chi connectivity index (χ3v) is 4.10. The van der Waals surface area contributed by atoms with E-state index < -0.39 is 0 Å². The van der Waals surface area contributed by atoms with E-state index in [0.717, 1.165) is 25.0 Å². The maximum absolute atomic E-state index is 12.3. The number of hydrogen-bond donors (Lipinski definition) is 2. The summed E-state index contributed by atoms with van der Waals surface area (Å²) in [7, 11) is 3.28. The highest BCUT2D eigenvalue weighted by atomic mass is 16.5. The summed E-state index contributed by atoms with van der Waals surface area (Å²) in [6.07, 6.45) is 5.57. The number of amides is 1. The Hall–Kier alpha value is -2.35. The van der Waals surface area contributed by atoms with Gasteiger partial charge in [0.15, 0.2) is 5.69 Å². The summed E-state index contributed by atoms with van der Waals surface area (Å²) in [4.78, 5) is 12.3. The molecule has 1 aliphatic rings.